The largest absolute Gasteiger partial charge is 0.368 e. The Morgan fingerprint density at radius 3 is 2.40 bits per heavy atom. The van der Waals surface area contributed by atoms with Gasteiger partial charge in [0.05, 0.1) is 9.82 Å². The van der Waals surface area contributed by atoms with Crippen LogP contribution in [0.15, 0.2) is 53.4 Å². The van der Waals surface area contributed by atoms with Gasteiger partial charge in [-0.15, -0.1) is 0 Å². The highest BCUT2D eigenvalue weighted by Crippen LogP contribution is 2.24. The van der Waals surface area contributed by atoms with E-state index in [1.165, 1.54) is 25.1 Å². The second kappa shape index (κ2) is 7.41. The number of rotatable bonds is 7. The number of nitrogens with two attached hydrogens (primary N) is 1. The van der Waals surface area contributed by atoms with Crippen LogP contribution in [0.1, 0.15) is 11.1 Å². The lowest BCUT2D eigenvalue weighted by Gasteiger charge is -2.16. The molecule has 8 nitrogen and oxygen atoms in total. The van der Waals surface area contributed by atoms with Crippen LogP contribution in [0.4, 0.5) is 5.69 Å². The molecule has 0 aliphatic carbocycles. The van der Waals surface area contributed by atoms with E-state index in [9.17, 15) is 23.3 Å². The van der Waals surface area contributed by atoms with E-state index in [1.807, 2.05) is 0 Å². The highest BCUT2D eigenvalue weighted by atomic mass is 32.2. The Kier molecular flexibility index (Phi) is 5.50. The molecular weight excluding hydrogens is 346 g/mol. The summed E-state index contributed by atoms with van der Waals surface area (Å²) < 4.78 is 27.4. The Hall–Kier alpha value is -2.78. The summed E-state index contributed by atoms with van der Waals surface area (Å²) in [5, 5.41) is 11.0. The maximum atomic E-state index is 12.6. The fourth-order valence-electron chi connectivity index (χ4n) is 2.39. The lowest BCUT2D eigenvalue weighted by molar-refractivity contribution is -0.385. The molecule has 3 N–H and O–H groups in total. The summed E-state index contributed by atoms with van der Waals surface area (Å²) in [6.45, 7) is 1.34. The van der Waals surface area contributed by atoms with E-state index < -0.39 is 26.9 Å². The van der Waals surface area contributed by atoms with Crippen LogP contribution in [-0.2, 0) is 21.2 Å². The van der Waals surface area contributed by atoms with Gasteiger partial charge in [-0.05, 0) is 25.0 Å². The van der Waals surface area contributed by atoms with Crippen molar-refractivity contribution in [1.29, 1.82) is 0 Å². The summed E-state index contributed by atoms with van der Waals surface area (Å²) >= 11 is 0. The summed E-state index contributed by atoms with van der Waals surface area (Å²) in [5.74, 6) is -0.837. The summed E-state index contributed by atoms with van der Waals surface area (Å²) in [6.07, 6.45) is 0.0728. The van der Waals surface area contributed by atoms with Crippen molar-refractivity contribution in [3.8, 4) is 0 Å². The second-order valence-corrected chi connectivity index (χ2v) is 7.11. The molecule has 0 fully saturated rings. The zero-order valence-electron chi connectivity index (χ0n) is 13.4. The molecule has 2 aromatic rings. The predicted octanol–water partition coefficient (Wildman–Crippen LogP) is 1.28. The smallest absolute Gasteiger partial charge is 0.273 e. The minimum atomic E-state index is -4.17. The highest BCUT2D eigenvalue weighted by Gasteiger charge is 2.28. The lowest BCUT2D eigenvalue weighted by Crippen LogP contribution is -2.45. The Morgan fingerprint density at radius 2 is 1.84 bits per heavy atom. The van der Waals surface area contributed by atoms with E-state index in [4.69, 9.17) is 5.73 Å². The maximum Gasteiger partial charge on any atom is 0.273 e. The third-order valence-electron chi connectivity index (χ3n) is 3.67. The van der Waals surface area contributed by atoms with E-state index in [2.05, 4.69) is 4.72 Å². The van der Waals surface area contributed by atoms with Gasteiger partial charge in [-0.1, -0.05) is 36.4 Å². The molecule has 1 amide bonds. The SMILES string of the molecule is Cc1c([N+](=O)[O-])cccc1S(=O)(=O)N[C@@H](Cc1ccccc1)C(N)=O. The molecule has 0 bridgehead atoms. The first kappa shape index (κ1) is 18.6. The molecule has 0 unspecified atom stereocenters. The number of sulfonamides is 1. The van der Waals surface area contributed by atoms with Crippen molar-refractivity contribution in [2.24, 2.45) is 5.73 Å². The fourth-order valence-corrected chi connectivity index (χ4v) is 3.86. The predicted molar refractivity (Wildman–Crippen MR) is 91.3 cm³/mol. The first-order valence-electron chi connectivity index (χ1n) is 7.32. The van der Waals surface area contributed by atoms with Crippen LogP contribution in [0.5, 0.6) is 0 Å². The van der Waals surface area contributed by atoms with Crippen LogP contribution in [0.2, 0.25) is 0 Å². The van der Waals surface area contributed by atoms with Crippen LogP contribution in [0.25, 0.3) is 0 Å². The van der Waals surface area contributed by atoms with Crippen molar-refractivity contribution in [3.63, 3.8) is 0 Å². The molecule has 0 aromatic heterocycles. The van der Waals surface area contributed by atoms with Crippen molar-refractivity contribution in [1.82, 2.24) is 4.72 Å². The van der Waals surface area contributed by atoms with E-state index in [1.54, 1.807) is 30.3 Å². The van der Waals surface area contributed by atoms with Crippen LogP contribution in [0.3, 0.4) is 0 Å². The average Bonchev–Trinajstić information content (AvgIpc) is 2.54. The number of primary amides is 1. The summed E-state index contributed by atoms with van der Waals surface area (Å²) in [7, 11) is -4.17. The van der Waals surface area contributed by atoms with Crippen LogP contribution >= 0.6 is 0 Å². The number of nitro groups is 1. The molecule has 9 heteroatoms. The van der Waals surface area contributed by atoms with Gasteiger partial charge < -0.3 is 5.73 Å². The van der Waals surface area contributed by atoms with E-state index in [-0.39, 0.29) is 22.6 Å². The van der Waals surface area contributed by atoms with E-state index >= 15 is 0 Å². The molecule has 0 saturated carbocycles. The molecule has 0 spiro atoms. The third-order valence-corrected chi connectivity index (χ3v) is 5.28. The number of nitrogens with one attached hydrogen (secondary N) is 1. The van der Waals surface area contributed by atoms with Crippen LogP contribution in [0, 0.1) is 17.0 Å². The normalized spacial score (nSPS) is 12.5. The zero-order chi connectivity index (χ0) is 18.6. The van der Waals surface area contributed by atoms with Crippen LogP contribution in [-0.4, -0.2) is 25.3 Å². The molecule has 0 radical (unpaired) electrons. The topological polar surface area (TPSA) is 132 Å². The van der Waals surface area contributed by atoms with Crippen molar-refractivity contribution < 1.29 is 18.1 Å². The van der Waals surface area contributed by atoms with Crippen molar-refractivity contribution in [2.75, 3.05) is 0 Å². The molecule has 0 aliphatic heterocycles. The van der Waals surface area contributed by atoms with Crippen molar-refractivity contribution in [2.45, 2.75) is 24.3 Å². The fraction of sp³-hybridized carbons (Fsp3) is 0.188. The number of carbonyl (C=O) groups excluding carboxylic acids is 1. The summed E-state index contributed by atoms with van der Waals surface area (Å²) in [5.41, 5.74) is 5.71. The van der Waals surface area contributed by atoms with Gasteiger partial charge in [-0.2, -0.15) is 4.72 Å². The second-order valence-electron chi connectivity index (χ2n) is 5.42. The number of hydrogen-bond acceptors (Lipinski definition) is 5. The number of benzene rings is 2. The van der Waals surface area contributed by atoms with Crippen molar-refractivity contribution in [3.05, 3.63) is 69.8 Å². The van der Waals surface area contributed by atoms with Gasteiger partial charge in [-0.25, -0.2) is 8.42 Å². The van der Waals surface area contributed by atoms with Gasteiger partial charge in [0, 0.05) is 11.6 Å². The molecule has 0 aliphatic rings. The Balaban J connectivity index is 2.34. The third kappa shape index (κ3) is 4.40. The number of carbonyl (C=O) groups is 1. The molecule has 25 heavy (non-hydrogen) atoms. The van der Waals surface area contributed by atoms with Gasteiger partial charge in [-0.3, -0.25) is 14.9 Å². The number of hydrogen-bond donors (Lipinski definition) is 2. The monoisotopic (exact) mass is 363 g/mol. The molecule has 0 saturated heterocycles. The lowest BCUT2D eigenvalue weighted by atomic mass is 10.1. The summed E-state index contributed by atoms with van der Waals surface area (Å²) in [6, 6.07) is 11.3. The minimum absolute atomic E-state index is 0.0112. The zero-order valence-corrected chi connectivity index (χ0v) is 14.2. The molecular formula is C16H17N3O5S. The van der Waals surface area contributed by atoms with Gasteiger partial charge in [0.15, 0.2) is 0 Å². The first-order chi connectivity index (χ1) is 11.7. The average molecular weight is 363 g/mol. The van der Waals surface area contributed by atoms with Crippen LogP contribution < -0.4 is 10.5 Å². The number of nitrogens with zero attached hydrogens (tertiary/aromatic N) is 1. The molecule has 2 aromatic carbocycles. The first-order valence-corrected chi connectivity index (χ1v) is 8.80. The molecule has 2 rings (SSSR count). The standard InChI is InChI=1S/C16H17N3O5S/c1-11-14(19(21)22)8-5-9-15(11)25(23,24)18-13(16(17)20)10-12-6-3-2-4-7-12/h2-9,13,18H,10H2,1H3,(H2,17,20)/t13-/m0/s1. The minimum Gasteiger partial charge on any atom is -0.368 e. The molecule has 1 atom stereocenters. The molecule has 0 heterocycles. The van der Waals surface area contributed by atoms with Gasteiger partial charge in [0.2, 0.25) is 15.9 Å². The van der Waals surface area contributed by atoms with Crippen molar-refractivity contribution >= 4 is 21.6 Å². The number of amides is 1. The van der Waals surface area contributed by atoms with E-state index in [0.717, 1.165) is 5.56 Å². The molecule has 132 valence electrons. The van der Waals surface area contributed by atoms with Gasteiger partial charge in [0.1, 0.15) is 6.04 Å². The van der Waals surface area contributed by atoms with Gasteiger partial charge in [0.25, 0.3) is 5.69 Å². The Labute approximate surface area is 144 Å². The maximum absolute atomic E-state index is 12.6. The van der Waals surface area contributed by atoms with E-state index in [0.29, 0.717) is 0 Å². The Morgan fingerprint density at radius 1 is 1.20 bits per heavy atom. The van der Waals surface area contributed by atoms with Gasteiger partial charge >= 0.3 is 0 Å². The summed E-state index contributed by atoms with van der Waals surface area (Å²) in [4.78, 5) is 21.7. The quantitative estimate of drug-likeness (QED) is 0.565. The Bertz CT molecular complexity index is 897. The number of nitro benzene ring substituents is 1. The highest BCUT2D eigenvalue weighted by molar-refractivity contribution is 7.89.